The van der Waals surface area contributed by atoms with E-state index < -0.39 is 0 Å². The first-order chi connectivity index (χ1) is 8.36. The van der Waals surface area contributed by atoms with Crippen LogP contribution >= 0.6 is 0 Å². The van der Waals surface area contributed by atoms with Crippen molar-refractivity contribution >= 4 is 5.69 Å². The average Bonchev–Trinajstić information content (AvgIpc) is 2.39. The maximum absolute atomic E-state index is 6.17. The first-order valence-electron chi connectivity index (χ1n) is 6.27. The summed E-state index contributed by atoms with van der Waals surface area (Å²) in [5.74, 6) is 1.70. The van der Waals surface area contributed by atoms with E-state index in [0.29, 0.717) is 13.2 Å². The quantitative estimate of drug-likeness (QED) is 0.804. The molecule has 2 N–H and O–H groups in total. The summed E-state index contributed by atoms with van der Waals surface area (Å²) in [4.78, 5) is 2.23. The van der Waals surface area contributed by atoms with Crippen molar-refractivity contribution in [3.05, 3.63) is 18.2 Å². The summed E-state index contributed by atoms with van der Waals surface area (Å²) in [5, 5.41) is 0. The van der Waals surface area contributed by atoms with Gasteiger partial charge in [-0.25, -0.2) is 0 Å². The van der Waals surface area contributed by atoms with E-state index in [4.69, 9.17) is 15.2 Å². The molecule has 3 rings (SSSR count). The van der Waals surface area contributed by atoms with Crippen molar-refractivity contribution in [3.8, 4) is 11.5 Å². The molecule has 0 spiro atoms. The van der Waals surface area contributed by atoms with Crippen LogP contribution in [0, 0.1) is 0 Å². The largest absolute Gasteiger partial charge is 0.486 e. The van der Waals surface area contributed by atoms with E-state index in [1.54, 1.807) is 0 Å². The Morgan fingerprint density at radius 2 is 2.06 bits per heavy atom. The van der Waals surface area contributed by atoms with Crippen LogP contribution in [-0.4, -0.2) is 25.9 Å². The van der Waals surface area contributed by atoms with Gasteiger partial charge in [0, 0.05) is 6.54 Å². The second-order valence-electron chi connectivity index (χ2n) is 4.56. The first-order valence-corrected chi connectivity index (χ1v) is 6.27. The molecule has 92 valence electrons. The summed E-state index contributed by atoms with van der Waals surface area (Å²) in [7, 11) is 0. The molecule has 0 bridgehead atoms. The Labute approximate surface area is 101 Å². The Morgan fingerprint density at radius 1 is 1.18 bits per heavy atom. The van der Waals surface area contributed by atoms with Crippen LogP contribution in [0.4, 0.5) is 5.69 Å². The van der Waals surface area contributed by atoms with Crippen molar-refractivity contribution in [1.82, 2.24) is 0 Å². The second-order valence-corrected chi connectivity index (χ2v) is 4.56. The maximum Gasteiger partial charge on any atom is 0.184 e. The van der Waals surface area contributed by atoms with E-state index >= 15 is 0 Å². The molecule has 2 aliphatic heterocycles. The lowest BCUT2D eigenvalue weighted by molar-refractivity contribution is 0.171. The predicted octanol–water partition coefficient (Wildman–Crippen LogP) is 1.73. The summed E-state index contributed by atoms with van der Waals surface area (Å²) >= 11 is 0. The molecule has 0 aliphatic carbocycles. The summed E-state index contributed by atoms with van der Waals surface area (Å²) in [6.07, 6.45) is 3.55. The van der Waals surface area contributed by atoms with Crippen molar-refractivity contribution in [1.29, 1.82) is 0 Å². The third-order valence-corrected chi connectivity index (χ3v) is 3.40. The second kappa shape index (κ2) is 4.45. The number of fused-ring (bicyclic) bond motifs is 1. The summed E-state index contributed by atoms with van der Waals surface area (Å²) < 4.78 is 11.3. The smallest absolute Gasteiger partial charge is 0.184 e. The van der Waals surface area contributed by atoms with Crippen LogP contribution in [0.1, 0.15) is 19.3 Å². The summed E-state index contributed by atoms with van der Waals surface area (Å²) in [5.41, 5.74) is 7.25. The Morgan fingerprint density at radius 3 is 2.94 bits per heavy atom. The molecule has 1 fully saturated rings. The minimum Gasteiger partial charge on any atom is -0.486 e. The molecule has 0 saturated carbocycles. The first kappa shape index (κ1) is 10.7. The van der Waals surface area contributed by atoms with Gasteiger partial charge in [0.15, 0.2) is 11.5 Å². The third-order valence-electron chi connectivity index (χ3n) is 3.40. The number of hydrogen-bond donors (Lipinski definition) is 1. The molecule has 1 aromatic rings. The molecule has 0 aromatic heterocycles. The van der Waals surface area contributed by atoms with Gasteiger partial charge in [0.1, 0.15) is 13.2 Å². The number of rotatable bonds is 1. The lowest BCUT2D eigenvalue weighted by atomic mass is 10.1. The standard InChI is InChI=1S/C13H18N2O2/c14-12-6-1-2-7-15(12)10-4-3-5-11-13(10)17-9-8-16-11/h3-5,12H,1-2,6-9,14H2. The van der Waals surface area contributed by atoms with Crippen LogP contribution in [0.5, 0.6) is 11.5 Å². The molecular formula is C13H18N2O2. The highest BCUT2D eigenvalue weighted by atomic mass is 16.6. The predicted molar refractivity (Wildman–Crippen MR) is 66.6 cm³/mol. The van der Waals surface area contributed by atoms with Gasteiger partial charge in [-0.05, 0) is 31.4 Å². The van der Waals surface area contributed by atoms with Gasteiger partial charge in [0.25, 0.3) is 0 Å². The lowest BCUT2D eigenvalue weighted by Gasteiger charge is -2.36. The average molecular weight is 234 g/mol. The molecule has 4 heteroatoms. The Bertz CT molecular complexity index is 408. The van der Waals surface area contributed by atoms with E-state index in [2.05, 4.69) is 11.0 Å². The molecule has 17 heavy (non-hydrogen) atoms. The normalized spacial score (nSPS) is 23.6. The maximum atomic E-state index is 6.17. The van der Waals surface area contributed by atoms with Gasteiger partial charge >= 0.3 is 0 Å². The molecule has 1 aromatic carbocycles. The van der Waals surface area contributed by atoms with Crippen molar-refractivity contribution in [2.24, 2.45) is 5.73 Å². The van der Waals surface area contributed by atoms with E-state index in [1.807, 2.05) is 12.1 Å². The molecule has 2 aliphatic rings. The number of anilines is 1. The minimum atomic E-state index is 0.0979. The zero-order chi connectivity index (χ0) is 11.7. The summed E-state index contributed by atoms with van der Waals surface area (Å²) in [6.45, 7) is 2.25. The molecule has 0 radical (unpaired) electrons. The van der Waals surface area contributed by atoms with Crippen molar-refractivity contribution in [3.63, 3.8) is 0 Å². The van der Waals surface area contributed by atoms with E-state index in [0.717, 1.165) is 30.2 Å². The molecule has 1 unspecified atom stereocenters. The highest BCUT2D eigenvalue weighted by molar-refractivity contribution is 5.65. The lowest BCUT2D eigenvalue weighted by Crippen LogP contribution is -2.45. The van der Waals surface area contributed by atoms with E-state index in [-0.39, 0.29) is 6.17 Å². The fraction of sp³-hybridized carbons (Fsp3) is 0.538. The van der Waals surface area contributed by atoms with Gasteiger partial charge in [-0.15, -0.1) is 0 Å². The molecular weight excluding hydrogens is 216 g/mol. The summed E-state index contributed by atoms with van der Waals surface area (Å²) in [6, 6.07) is 6.02. The van der Waals surface area contributed by atoms with Gasteiger partial charge < -0.3 is 20.1 Å². The molecule has 1 atom stereocenters. The zero-order valence-electron chi connectivity index (χ0n) is 9.89. The molecule has 2 heterocycles. The van der Waals surface area contributed by atoms with Gasteiger partial charge in [0.05, 0.1) is 11.9 Å². The highest BCUT2D eigenvalue weighted by Gasteiger charge is 2.25. The highest BCUT2D eigenvalue weighted by Crippen LogP contribution is 2.40. The van der Waals surface area contributed by atoms with Crippen molar-refractivity contribution in [2.45, 2.75) is 25.4 Å². The molecule has 0 amide bonds. The zero-order valence-corrected chi connectivity index (χ0v) is 9.89. The number of piperidine rings is 1. The number of para-hydroxylation sites is 1. The SMILES string of the molecule is NC1CCCCN1c1cccc2c1OCCO2. The van der Waals surface area contributed by atoms with Crippen molar-refractivity contribution in [2.75, 3.05) is 24.7 Å². The van der Waals surface area contributed by atoms with Crippen LogP contribution in [0.3, 0.4) is 0 Å². The van der Waals surface area contributed by atoms with Crippen LogP contribution in [0.25, 0.3) is 0 Å². The van der Waals surface area contributed by atoms with Crippen LogP contribution < -0.4 is 20.1 Å². The monoisotopic (exact) mass is 234 g/mol. The third kappa shape index (κ3) is 1.93. The van der Waals surface area contributed by atoms with Crippen LogP contribution in [0.15, 0.2) is 18.2 Å². The number of nitrogens with two attached hydrogens (primary N) is 1. The fourth-order valence-electron chi connectivity index (χ4n) is 2.54. The van der Waals surface area contributed by atoms with Gasteiger partial charge in [0.2, 0.25) is 0 Å². The fourth-order valence-corrected chi connectivity index (χ4v) is 2.54. The van der Waals surface area contributed by atoms with Gasteiger partial charge in [-0.1, -0.05) is 6.07 Å². The number of hydrogen-bond acceptors (Lipinski definition) is 4. The molecule has 4 nitrogen and oxygen atoms in total. The minimum absolute atomic E-state index is 0.0979. The van der Waals surface area contributed by atoms with Crippen LogP contribution in [0.2, 0.25) is 0 Å². The Kier molecular flexibility index (Phi) is 2.81. The Balaban J connectivity index is 1.96. The van der Waals surface area contributed by atoms with E-state index in [9.17, 15) is 0 Å². The van der Waals surface area contributed by atoms with E-state index in [1.165, 1.54) is 12.8 Å². The number of benzene rings is 1. The molecule has 1 saturated heterocycles. The number of nitrogens with zero attached hydrogens (tertiary/aromatic N) is 1. The Hall–Kier alpha value is -1.42. The number of ether oxygens (including phenoxy) is 2. The van der Waals surface area contributed by atoms with Crippen molar-refractivity contribution < 1.29 is 9.47 Å². The van der Waals surface area contributed by atoms with Gasteiger partial charge in [-0.3, -0.25) is 0 Å². The van der Waals surface area contributed by atoms with Crippen LogP contribution in [-0.2, 0) is 0 Å². The van der Waals surface area contributed by atoms with Gasteiger partial charge in [-0.2, -0.15) is 0 Å². The topological polar surface area (TPSA) is 47.7 Å².